The van der Waals surface area contributed by atoms with Crippen molar-refractivity contribution in [3.63, 3.8) is 0 Å². The van der Waals surface area contributed by atoms with Crippen LogP contribution in [-0.2, 0) is 20.9 Å². The zero-order valence-electron chi connectivity index (χ0n) is 19.6. The molecule has 0 bridgehead atoms. The maximum atomic E-state index is 13.4. The van der Waals surface area contributed by atoms with Crippen LogP contribution < -0.4 is 9.47 Å². The number of carbonyl (C=O) groups is 2. The fraction of sp³-hybridized carbons (Fsp3) is 0.192. The summed E-state index contributed by atoms with van der Waals surface area (Å²) in [5.74, 6) is 0.910. The summed E-state index contributed by atoms with van der Waals surface area (Å²) in [6, 6.07) is 16.7. The van der Waals surface area contributed by atoms with Gasteiger partial charge in [-0.05, 0) is 89.3 Å². The number of aliphatic imine (C=N–C) groups is 1. The van der Waals surface area contributed by atoms with Gasteiger partial charge in [0.05, 0.1) is 40.7 Å². The molecule has 0 spiro atoms. The summed E-state index contributed by atoms with van der Waals surface area (Å²) in [5.41, 5.74) is 1.50. The molecule has 1 aromatic heterocycles. The quantitative estimate of drug-likeness (QED) is 0.174. The Hall–Kier alpha value is -3.25. The van der Waals surface area contributed by atoms with Crippen molar-refractivity contribution in [2.45, 2.75) is 13.5 Å². The Morgan fingerprint density at radius 1 is 1.17 bits per heavy atom. The molecule has 0 atom stereocenters. The first-order chi connectivity index (χ1) is 17.5. The lowest BCUT2D eigenvalue weighted by molar-refractivity contribution is -0.143. The summed E-state index contributed by atoms with van der Waals surface area (Å²) in [6.45, 7) is 2.30. The Morgan fingerprint density at radius 3 is 2.67 bits per heavy atom. The summed E-state index contributed by atoms with van der Waals surface area (Å²) in [5, 5.41) is 0.562. The minimum absolute atomic E-state index is 0.176. The van der Waals surface area contributed by atoms with E-state index < -0.39 is 5.97 Å². The van der Waals surface area contributed by atoms with Crippen molar-refractivity contribution >= 4 is 63.2 Å². The van der Waals surface area contributed by atoms with Crippen molar-refractivity contribution in [3.05, 3.63) is 80.7 Å². The van der Waals surface area contributed by atoms with Gasteiger partial charge in [0.1, 0.15) is 5.76 Å². The van der Waals surface area contributed by atoms with Gasteiger partial charge in [-0.25, -0.2) is 9.79 Å². The van der Waals surface area contributed by atoms with E-state index in [0.29, 0.717) is 33.9 Å². The van der Waals surface area contributed by atoms with Crippen LogP contribution in [0, 0.1) is 3.57 Å². The molecule has 8 nitrogen and oxygen atoms in total. The molecule has 1 fully saturated rings. The number of amidine groups is 1. The van der Waals surface area contributed by atoms with Gasteiger partial charge in [-0.3, -0.25) is 9.69 Å². The molecule has 186 valence electrons. The highest BCUT2D eigenvalue weighted by Crippen LogP contribution is 2.38. The van der Waals surface area contributed by atoms with E-state index in [4.69, 9.17) is 18.9 Å². The number of hydrogen-bond acceptors (Lipinski definition) is 8. The predicted molar refractivity (Wildman–Crippen MR) is 146 cm³/mol. The van der Waals surface area contributed by atoms with Crippen LogP contribution in [0.1, 0.15) is 18.2 Å². The lowest BCUT2D eigenvalue weighted by atomic mass is 10.2. The summed E-state index contributed by atoms with van der Waals surface area (Å²) in [4.78, 5) is 31.8. The smallest absolute Gasteiger partial charge is 0.343 e. The molecule has 2 heterocycles. The lowest BCUT2D eigenvalue weighted by Gasteiger charge is -2.14. The first-order valence-corrected chi connectivity index (χ1v) is 12.9. The van der Waals surface area contributed by atoms with Gasteiger partial charge in [0.15, 0.2) is 23.3 Å². The number of esters is 1. The Balaban J connectivity index is 1.67. The van der Waals surface area contributed by atoms with Crippen LogP contribution in [0.5, 0.6) is 11.5 Å². The van der Waals surface area contributed by atoms with Crippen LogP contribution in [0.4, 0.5) is 5.69 Å². The molecule has 1 saturated heterocycles. The third-order valence-electron chi connectivity index (χ3n) is 4.95. The molecular weight excluding hydrogens is 595 g/mol. The number of ether oxygens (including phenoxy) is 3. The van der Waals surface area contributed by atoms with E-state index in [0.717, 1.165) is 14.8 Å². The maximum absolute atomic E-state index is 13.4. The molecule has 2 aromatic carbocycles. The van der Waals surface area contributed by atoms with E-state index in [2.05, 4.69) is 27.3 Å². The van der Waals surface area contributed by atoms with Crippen molar-refractivity contribution in [2.75, 3.05) is 20.3 Å². The molecule has 0 saturated carbocycles. The molecule has 1 amide bonds. The summed E-state index contributed by atoms with van der Waals surface area (Å²) < 4.78 is 22.3. The molecule has 0 N–H and O–H groups in total. The maximum Gasteiger partial charge on any atom is 0.343 e. The second-order valence-electron chi connectivity index (χ2n) is 7.44. The van der Waals surface area contributed by atoms with Gasteiger partial charge >= 0.3 is 5.97 Å². The van der Waals surface area contributed by atoms with E-state index in [-0.39, 0.29) is 19.1 Å². The Labute approximate surface area is 226 Å². The van der Waals surface area contributed by atoms with Crippen molar-refractivity contribution in [1.82, 2.24) is 4.90 Å². The summed E-state index contributed by atoms with van der Waals surface area (Å²) in [7, 11) is 1.30. The van der Waals surface area contributed by atoms with Crippen LogP contribution in [0.3, 0.4) is 0 Å². The van der Waals surface area contributed by atoms with Crippen molar-refractivity contribution < 1.29 is 28.2 Å². The number of hydrogen-bond donors (Lipinski definition) is 0. The Morgan fingerprint density at radius 2 is 1.97 bits per heavy atom. The van der Waals surface area contributed by atoms with E-state index in [1.54, 1.807) is 29.4 Å². The second kappa shape index (κ2) is 12.1. The number of carbonyl (C=O) groups excluding carboxylic acids is 2. The van der Waals surface area contributed by atoms with Crippen LogP contribution in [0.25, 0.3) is 6.08 Å². The number of thioether (sulfide) groups is 1. The van der Waals surface area contributed by atoms with E-state index >= 15 is 0 Å². The molecule has 0 aliphatic carbocycles. The molecule has 0 unspecified atom stereocenters. The minimum Gasteiger partial charge on any atom is -0.490 e. The monoisotopic (exact) mass is 618 g/mol. The van der Waals surface area contributed by atoms with Crippen molar-refractivity contribution in [2.24, 2.45) is 4.99 Å². The standard InChI is InChI=1S/C26H23IN2O6S/c1-3-33-21-13-17(12-20(27)24(21)35-16-23(30)32-2)14-22-25(31)29(15-19-10-7-11-34-19)26(36-22)28-18-8-5-4-6-9-18/h4-14H,3,15-16H2,1-2H3/b22-14+,28-26?. The first-order valence-electron chi connectivity index (χ1n) is 11.0. The third-order valence-corrected chi connectivity index (χ3v) is 6.76. The van der Waals surface area contributed by atoms with Gasteiger partial charge in [0.2, 0.25) is 0 Å². The van der Waals surface area contributed by atoms with E-state index in [1.807, 2.05) is 49.4 Å². The minimum atomic E-state index is -0.491. The van der Waals surface area contributed by atoms with E-state index in [1.165, 1.54) is 18.9 Å². The highest BCUT2D eigenvalue weighted by atomic mass is 127. The normalized spacial score (nSPS) is 15.5. The lowest BCUT2D eigenvalue weighted by Crippen LogP contribution is -2.28. The molecule has 1 aliphatic heterocycles. The van der Waals surface area contributed by atoms with Gasteiger partial charge in [-0.1, -0.05) is 18.2 Å². The van der Waals surface area contributed by atoms with Crippen LogP contribution in [0.2, 0.25) is 0 Å². The van der Waals surface area contributed by atoms with Gasteiger partial charge in [-0.2, -0.15) is 0 Å². The molecule has 3 aromatic rings. The van der Waals surface area contributed by atoms with Crippen LogP contribution in [0.15, 0.2) is 75.2 Å². The van der Waals surface area contributed by atoms with Gasteiger partial charge in [0.25, 0.3) is 5.91 Å². The predicted octanol–water partition coefficient (Wildman–Crippen LogP) is 5.64. The molecule has 4 rings (SSSR count). The van der Waals surface area contributed by atoms with Gasteiger partial charge in [0, 0.05) is 0 Å². The second-order valence-corrected chi connectivity index (χ2v) is 9.61. The van der Waals surface area contributed by atoms with Crippen LogP contribution >= 0.6 is 34.4 Å². The van der Waals surface area contributed by atoms with Crippen molar-refractivity contribution in [1.29, 1.82) is 0 Å². The fourth-order valence-corrected chi connectivity index (χ4v) is 5.10. The number of nitrogens with zero attached hydrogens (tertiary/aromatic N) is 2. The topological polar surface area (TPSA) is 90.6 Å². The average molecular weight is 618 g/mol. The number of halogens is 1. The van der Waals surface area contributed by atoms with E-state index in [9.17, 15) is 9.59 Å². The molecule has 36 heavy (non-hydrogen) atoms. The number of benzene rings is 2. The molecular formula is C26H23IN2O6S. The fourth-order valence-electron chi connectivity index (χ4n) is 3.32. The number of para-hydroxylation sites is 1. The zero-order chi connectivity index (χ0) is 25.5. The first kappa shape index (κ1) is 25.8. The van der Waals surface area contributed by atoms with Gasteiger partial charge in [-0.15, -0.1) is 0 Å². The van der Waals surface area contributed by atoms with Crippen molar-refractivity contribution in [3.8, 4) is 11.5 Å². The summed E-state index contributed by atoms with van der Waals surface area (Å²) in [6.07, 6.45) is 3.37. The molecule has 10 heteroatoms. The largest absolute Gasteiger partial charge is 0.490 e. The van der Waals surface area contributed by atoms with Gasteiger partial charge < -0.3 is 18.6 Å². The molecule has 1 aliphatic rings. The SMILES string of the molecule is CCOc1cc(/C=C2/SC(=Nc3ccccc3)N(Cc3ccco3)C2=O)cc(I)c1OCC(=O)OC. The van der Waals surface area contributed by atoms with Crippen LogP contribution in [-0.4, -0.2) is 42.3 Å². The summed E-state index contributed by atoms with van der Waals surface area (Å²) >= 11 is 3.41. The molecule has 0 radical (unpaired) electrons. The zero-order valence-corrected chi connectivity index (χ0v) is 22.6. The average Bonchev–Trinajstić information content (AvgIpc) is 3.48. The number of methoxy groups -OCH3 is 1. The highest BCUT2D eigenvalue weighted by Gasteiger charge is 2.34. The number of rotatable bonds is 9. The number of furan rings is 1. The Kier molecular flexibility index (Phi) is 8.70. The number of amides is 1. The highest BCUT2D eigenvalue weighted by molar-refractivity contribution is 14.1. The third kappa shape index (κ3) is 6.30. The Bertz CT molecular complexity index is 1290.